The van der Waals surface area contributed by atoms with Gasteiger partial charge in [-0.1, -0.05) is 30.3 Å². The SMILES string of the molecule is CC(OCc1ccccc1)C(NC(=O)OC(C)(C)C)C(=O)Oc1ccc([N+](=O)[O-])cc1. The van der Waals surface area contributed by atoms with E-state index in [1.807, 2.05) is 30.3 Å². The second-order valence-corrected chi connectivity index (χ2v) is 7.80. The van der Waals surface area contributed by atoms with Crippen LogP contribution in [0.2, 0.25) is 0 Å². The number of non-ortho nitro benzene ring substituents is 1. The van der Waals surface area contributed by atoms with Crippen LogP contribution in [0.5, 0.6) is 5.75 Å². The number of ether oxygens (including phenoxy) is 3. The van der Waals surface area contributed by atoms with Crippen molar-refractivity contribution in [2.45, 2.75) is 52.0 Å². The van der Waals surface area contributed by atoms with Crippen molar-refractivity contribution in [2.75, 3.05) is 0 Å². The number of carbonyl (C=O) groups is 2. The number of esters is 1. The van der Waals surface area contributed by atoms with Crippen molar-refractivity contribution in [1.29, 1.82) is 0 Å². The quantitative estimate of drug-likeness (QED) is 0.291. The van der Waals surface area contributed by atoms with Gasteiger partial charge in [0.1, 0.15) is 11.4 Å². The van der Waals surface area contributed by atoms with Gasteiger partial charge in [0.25, 0.3) is 5.69 Å². The molecule has 0 radical (unpaired) electrons. The molecule has 0 saturated heterocycles. The molecule has 1 N–H and O–H groups in total. The average molecular weight is 430 g/mol. The van der Waals surface area contributed by atoms with Crippen LogP contribution in [0, 0.1) is 10.1 Å². The Kier molecular flexibility index (Phi) is 8.09. The molecule has 0 spiro atoms. The Morgan fingerprint density at radius 2 is 1.68 bits per heavy atom. The molecular weight excluding hydrogens is 404 g/mol. The number of alkyl carbamates (subject to hydrolysis) is 1. The maximum absolute atomic E-state index is 12.8. The van der Waals surface area contributed by atoms with E-state index in [-0.39, 0.29) is 18.0 Å². The van der Waals surface area contributed by atoms with Gasteiger partial charge >= 0.3 is 12.1 Å². The van der Waals surface area contributed by atoms with Crippen LogP contribution in [0.1, 0.15) is 33.3 Å². The number of amides is 1. The highest BCUT2D eigenvalue weighted by Crippen LogP contribution is 2.19. The van der Waals surface area contributed by atoms with Crippen molar-refractivity contribution >= 4 is 17.7 Å². The summed E-state index contributed by atoms with van der Waals surface area (Å²) < 4.78 is 16.3. The molecule has 166 valence electrons. The van der Waals surface area contributed by atoms with E-state index in [1.165, 1.54) is 24.3 Å². The van der Waals surface area contributed by atoms with E-state index in [0.717, 1.165) is 5.56 Å². The van der Waals surface area contributed by atoms with Gasteiger partial charge in [0.2, 0.25) is 0 Å². The Morgan fingerprint density at radius 3 is 2.23 bits per heavy atom. The number of hydrogen-bond donors (Lipinski definition) is 1. The summed E-state index contributed by atoms with van der Waals surface area (Å²) in [5, 5.41) is 13.3. The highest BCUT2D eigenvalue weighted by molar-refractivity contribution is 5.83. The molecule has 0 aliphatic carbocycles. The van der Waals surface area contributed by atoms with Crippen LogP contribution in [-0.2, 0) is 20.9 Å². The molecule has 2 aromatic rings. The zero-order valence-corrected chi connectivity index (χ0v) is 17.9. The first-order chi connectivity index (χ1) is 14.5. The number of hydrogen-bond acceptors (Lipinski definition) is 7. The van der Waals surface area contributed by atoms with Gasteiger partial charge in [0.05, 0.1) is 17.6 Å². The van der Waals surface area contributed by atoms with E-state index in [0.29, 0.717) is 0 Å². The lowest BCUT2D eigenvalue weighted by Crippen LogP contribution is -2.51. The second-order valence-electron chi connectivity index (χ2n) is 7.80. The Hall–Kier alpha value is -3.46. The monoisotopic (exact) mass is 430 g/mol. The summed E-state index contributed by atoms with van der Waals surface area (Å²) in [5.74, 6) is -0.692. The van der Waals surface area contributed by atoms with Crippen molar-refractivity contribution < 1.29 is 28.7 Å². The molecule has 2 unspecified atom stereocenters. The lowest BCUT2D eigenvalue weighted by atomic mass is 10.1. The molecule has 2 rings (SSSR count). The summed E-state index contributed by atoms with van der Waals surface area (Å²) in [6.45, 7) is 6.95. The number of nitro groups is 1. The van der Waals surface area contributed by atoms with Crippen LogP contribution >= 0.6 is 0 Å². The van der Waals surface area contributed by atoms with E-state index in [9.17, 15) is 19.7 Å². The minimum absolute atomic E-state index is 0.0989. The fraction of sp³-hybridized carbons (Fsp3) is 0.364. The van der Waals surface area contributed by atoms with Gasteiger partial charge < -0.3 is 19.5 Å². The predicted octanol–water partition coefficient (Wildman–Crippen LogP) is 4.00. The second kappa shape index (κ2) is 10.5. The number of rotatable bonds is 8. The number of nitro benzene ring substituents is 1. The van der Waals surface area contributed by atoms with Crippen molar-refractivity contribution in [3.63, 3.8) is 0 Å². The molecule has 0 saturated carbocycles. The van der Waals surface area contributed by atoms with Crippen LogP contribution in [0.15, 0.2) is 54.6 Å². The normalized spacial score (nSPS) is 13.0. The molecule has 0 aliphatic heterocycles. The number of carbonyl (C=O) groups excluding carboxylic acids is 2. The summed E-state index contributed by atoms with van der Waals surface area (Å²) in [5.41, 5.74) is 0.00212. The molecule has 0 aromatic heterocycles. The standard InChI is InChI=1S/C22H26N2O7/c1-15(29-14-16-8-6-5-7-9-16)19(23-21(26)31-22(2,3)4)20(25)30-18-12-10-17(11-13-18)24(27)28/h5-13,15,19H,14H2,1-4H3,(H,23,26). The lowest BCUT2D eigenvalue weighted by Gasteiger charge is -2.26. The fourth-order valence-corrected chi connectivity index (χ4v) is 2.52. The van der Waals surface area contributed by atoms with Gasteiger partial charge in [0, 0.05) is 12.1 Å². The Balaban J connectivity index is 2.11. The Morgan fingerprint density at radius 1 is 1.06 bits per heavy atom. The first-order valence-corrected chi connectivity index (χ1v) is 9.66. The maximum atomic E-state index is 12.8. The molecular formula is C22H26N2O7. The third kappa shape index (κ3) is 8.06. The first kappa shape index (κ1) is 23.8. The van der Waals surface area contributed by atoms with E-state index >= 15 is 0 Å². The summed E-state index contributed by atoms with van der Waals surface area (Å²) in [6.07, 6.45) is -1.55. The molecule has 0 bridgehead atoms. The molecule has 0 heterocycles. The third-order valence-electron chi connectivity index (χ3n) is 4.02. The van der Waals surface area contributed by atoms with Gasteiger partial charge in [-0.15, -0.1) is 0 Å². The minimum atomic E-state index is -1.17. The molecule has 9 heteroatoms. The molecule has 31 heavy (non-hydrogen) atoms. The summed E-state index contributed by atoms with van der Waals surface area (Å²) in [6, 6.07) is 13.2. The lowest BCUT2D eigenvalue weighted by molar-refractivity contribution is -0.384. The molecule has 1 amide bonds. The summed E-state index contributed by atoms with van der Waals surface area (Å²) in [7, 11) is 0. The van der Waals surface area contributed by atoms with Crippen LogP contribution in [0.25, 0.3) is 0 Å². The van der Waals surface area contributed by atoms with E-state index in [4.69, 9.17) is 14.2 Å². The molecule has 2 aromatic carbocycles. The Labute approximate surface area is 180 Å². The molecule has 0 aliphatic rings. The van der Waals surface area contributed by atoms with Crippen LogP contribution in [0.3, 0.4) is 0 Å². The van der Waals surface area contributed by atoms with E-state index in [2.05, 4.69) is 5.32 Å². The number of nitrogens with zero attached hydrogens (tertiary/aromatic N) is 1. The van der Waals surface area contributed by atoms with Gasteiger partial charge in [-0.3, -0.25) is 10.1 Å². The van der Waals surface area contributed by atoms with Crippen molar-refractivity contribution in [3.8, 4) is 5.75 Å². The van der Waals surface area contributed by atoms with Crippen LogP contribution in [0.4, 0.5) is 10.5 Å². The van der Waals surface area contributed by atoms with Gasteiger partial charge in [-0.05, 0) is 45.4 Å². The van der Waals surface area contributed by atoms with Gasteiger partial charge in [-0.2, -0.15) is 0 Å². The molecule has 0 fully saturated rings. The fourth-order valence-electron chi connectivity index (χ4n) is 2.52. The largest absolute Gasteiger partial charge is 0.444 e. The van der Waals surface area contributed by atoms with Crippen LogP contribution in [-0.4, -0.2) is 34.7 Å². The van der Waals surface area contributed by atoms with Gasteiger partial charge in [-0.25, -0.2) is 9.59 Å². The number of nitrogens with one attached hydrogen (secondary N) is 1. The maximum Gasteiger partial charge on any atom is 0.408 e. The number of benzene rings is 2. The highest BCUT2D eigenvalue weighted by Gasteiger charge is 2.31. The minimum Gasteiger partial charge on any atom is -0.444 e. The average Bonchev–Trinajstić information content (AvgIpc) is 2.70. The van der Waals surface area contributed by atoms with E-state index < -0.39 is 34.7 Å². The Bertz CT molecular complexity index is 892. The zero-order chi connectivity index (χ0) is 23.0. The molecule has 2 atom stereocenters. The molecule has 9 nitrogen and oxygen atoms in total. The van der Waals surface area contributed by atoms with Crippen molar-refractivity contribution in [3.05, 3.63) is 70.3 Å². The summed E-state index contributed by atoms with van der Waals surface area (Å²) in [4.78, 5) is 35.3. The third-order valence-corrected chi connectivity index (χ3v) is 4.02. The predicted molar refractivity (Wildman–Crippen MR) is 113 cm³/mol. The first-order valence-electron chi connectivity index (χ1n) is 9.66. The van der Waals surface area contributed by atoms with Crippen molar-refractivity contribution in [2.24, 2.45) is 0 Å². The smallest absolute Gasteiger partial charge is 0.408 e. The topological polar surface area (TPSA) is 117 Å². The summed E-state index contributed by atoms with van der Waals surface area (Å²) >= 11 is 0. The van der Waals surface area contributed by atoms with E-state index in [1.54, 1.807) is 27.7 Å². The van der Waals surface area contributed by atoms with Crippen molar-refractivity contribution in [1.82, 2.24) is 5.32 Å². The zero-order valence-electron chi connectivity index (χ0n) is 17.9. The van der Waals surface area contributed by atoms with Crippen LogP contribution < -0.4 is 10.1 Å². The van der Waals surface area contributed by atoms with Gasteiger partial charge in [0.15, 0.2) is 6.04 Å². The highest BCUT2D eigenvalue weighted by atomic mass is 16.6.